The molecule has 1 saturated heterocycles. The fourth-order valence-corrected chi connectivity index (χ4v) is 3.59. The number of methoxy groups -OCH3 is 1. The average molecular weight is 399 g/mol. The second-order valence-corrected chi connectivity index (χ2v) is 7.00. The van der Waals surface area contributed by atoms with Gasteiger partial charge in [0, 0.05) is 6.54 Å². The highest BCUT2D eigenvalue weighted by atomic mass is 16.5. The third-order valence-electron chi connectivity index (χ3n) is 5.08. The van der Waals surface area contributed by atoms with Crippen LogP contribution in [0.15, 0.2) is 48.5 Å². The maximum atomic E-state index is 12.4. The lowest BCUT2D eigenvalue weighted by atomic mass is 10.1. The smallest absolute Gasteiger partial charge is 0.258 e. The summed E-state index contributed by atoms with van der Waals surface area (Å²) >= 11 is 0. The Kier molecular flexibility index (Phi) is 7.76. The molecule has 1 amide bonds. The highest BCUT2D eigenvalue weighted by Crippen LogP contribution is 2.27. The number of para-hydroxylation sites is 2. The van der Waals surface area contributed by atoms with Gasteiger partial charge < -0.3 is 19.5 Å². The molecule has 1 unspecified atom stereocenters. The van der Waals surface area contributed by atoms with Gasteiger partial charge in [0.2, 0.25) is 0 Å². The number of hydrogen-bond acceptors (Lipinski definition) is 5. The van der Waals surface area contributed by atoms with E-state index in [1.807, 2.05) is 43.3 Å². The number of ether oxygens (including phenoxy) is 3. The van der Waals surface area contributed by atoms with Gasteiger partial charge in [-0.3, -0.25) is 9.69 Å². The molecule has 0 spiro atoms. The van der Waals surface area contributed by atoms with Crippen molar-refractivity contribution in [1.29, 1.82) is 0 Å². The van der Waals surface area contributed by atoms with E-state index >= 15 is 0 Å². The minimum Gasteiger partial charge on any atom is -0.497 e. The first-order valence-corrected chi connectivity index (χ1v) is 10.2. The predicted molar refractivity (Wildman–Crippen MR) is 113 cm³/mol. The first-order chi connectivity index (χ1) is 14.2. The summed E-state index contributed by atoms with van der Waals surface area (Å²) < 4.78 is 16.5. The molecule has 0 radical (unpaired) electrons. The van der Waals surface area contributed by atoms with Crippen LogP contribution in [-0.2, 0) is 4.79 Å². The van der Waals surface area contributed by atoms with E-state index in [4.69, 9.17) is 14.2 Å². The molecule has 0 bridgehead atoms. The Hall–Kier alpha value is -2.73. The Labute approximate surface area is 172 Å². The van der Waals surface area contributed by atoms with Crippen molar-refractivity contribution in [3.05, 3.63) is 54.1 Å². The molecule has 2 aromatic carbocycles. The largest absolute Gasteiger partial charge is 0.497 e. The molecule has 1 aliphatic rings. The SMILES string of the molecule is CCOc1ccccc1OCC(=O)NCC(c1ccc(OC)cc1)N1CCCC1. The molecule has 1 heterocycles. The second-order valence-electron chi connectivity index (χ2n) is 7.00. The summed E-state index contributed by atoms with van der Waals surface area (Å²) in [6, 6.07) is 15.6. The van der Waals surface area contributed by atoms with Gasteiger partial charge in [0.15, 0.2) is 18.1 Å². The summed E-state index contributed by atoms with van der Waals surface area (Å²) in [4.78, 5) is 14.8. The number of nitrogens with zero attached hydrogens (tertiary/aromatic N) is 1. The van der Waals surface area contributed by atoms with E-state index < -0.39 is 0 Å². The Balaban J connectivity index is 1.58. The number of amides is 1. The van der Waals surface area contributed by atoms with Crippen molar-refractivity contribution in [2.45, 2.75) is 25.8 Å². The van der Waals surface area contributed by atoms with Crippen LogP contribution in [0, 0.1) is 0 Å². The molecule has 1 N–H and O–H groups in total. The fourth-order valence-electron chi connectivity index (χ4n) is 3.59. The van der Waals surface area contributed by atoms with Crippen LogP contribution in [0.4, 0.5) is 0 Å². The molecule has 6 heteroatoms. The Morgan fingerprint density at radius 1 is 1.03 bits per heavy atom. The number of rotatable bonds is 10. The van der Waals surface area contributed by atoms with Crippen LogP contribution in [0.5, 0.6) is 17.2 Å². The van der Waals surface area contributed by atoms with Crippen molar-refractivity contribution in [3.63, 3.8) is 0 Å². The number of carbonyl (C=O) groups is 1. The van der Waals surface area contributed by atoms with Gasteiger partial charge in [-0.2, -0.15) is 0 Å². The van der Waals surface area contributed by atoms with E-state index in [-0.39, 0.29) is 18.6 Å². The van der Waals surface area contributed by atoms with Gasteiger partial charge in [-0.1, -0.05) is 24.3 Å². The Morgan fingerprint density at radius 2 is 1.69 bits per heavy atom. The van der Waals surface area contributed by atoms with Crippen molar-refractivity contribution < 1.29 is 19.0 Å². The lowest BCUT2D eigenvalue weighted by Gasteiger charge is -2.28. The lowest BCUT2D eigenvalue weighted by Crippen LogP contribution is -2.38. The van der Waals surface area contributed by atoms with Crippen LogP contribution in [-0.4, -0.2) is 50.8 Å². The van der Waals surface area contributed by atoms with E-state index in [9.17, 15) is 4.79 Å². The minimum atomic E-state index is -0.144. The fraction of sp³-hybridized carbons (Fsp3) is 0.435. The third-order valence-corrected chi connectivity index (χ3v) is 5.08. The maximum Gasteiger partial charge on any atom is 0.258 e. The molecule has 1 fully saturated rings. The Morgan fingerprint density at radius 3 is 2.31 bits per heavy atom. The topological polar surface area (TPSA) is 60.0 Å². The summed E-state index contributed by atoms with van der Waals surface area (Å²) in [5.41, 5.74) is 1.18. The van der Waals surface area contributed by atoms with Gasteiger partial charge in [0.05, 0.1) is 19.8 Å². The van der Waals surface area contributed by atoms with Crippen LogP contribution in [0.25, 0.3) is 0 Å². The molecular formula is C23H30N2O4. The first-order valence-electron chi connectivity index (χ1n) is 10.2. The van der Waals surface area contributed by atoms with E-state index in [1.165, 1.54) is 18.4 Å². The summed E-state index contributed by atoms with van der Waals surface area (Å²) in [5.74, 6) is 1.92. The van der Waals surface area contributed by atoms with E-state index in [0.29, 0.717) is 24.7 Å². The molecule has 2 aromatic rings. The molecule has 3 rings (SSSR count). The average Bonchev–Trinajstić information content (AvgIpc) is 3.28. The Bertz CT molecular complexity index is 773. The second kappa shape index (κ2) is 10.7. The molecule has 6 nitrogen and oxygen atoms in total. The van der Waals surface area contributed by atoms with Gasteiger partial charge in [0.25, 0.3) is 5.91 Å². The number of carbonyl (C=O) groups excluding carboxylic acids is 1. The van der Waals surface area contributed by atoms with Gasteiger partial charge in [0.1, 0.15) is 5.75 Å². The summed E-state index contributed by atoms with van der Waals surface area (Å²) in [5, 5.41) is 3.03. The van der Waals surface area contributed by atoms with E-state index in [1.54, 1.807) is 7.11 Å². The van der Waals surface area contributed by atoms with Crippen molar-refractivity contribution >= 4 is 5.91 Å². The van der Waals surface area contributed by atoms with Gasteiger partial charge >= 0.3 is 0 Å². The monoisotopic (exact) mass is 398 g/mol. The normalized spacial score (nSPS) is 15.0. The number of nitrogens with one attached hydrogen (secondary N) is 1. The highest BCUT2D eigenvalue weighted by Gasteiger charge is 2.24. The van der Waals surface area contributed by atoms with Crippen LogP contribution >= 0.6 is 0 Å². The minimum absolute atomic E-state index is 0.0422. The van der Waals surface area contributed by atoms with Crippen LogP contribution in [0.2, 0.25) is 0 Å². The summed E-state index contributed by atoms with van der Waals surface area (Å²) in [7, 11) is 1.66. The van der Waals surface area contributed by atoms with Crippen molar-refractivity contribution in [3.8, 4) is 17.2 Å². The molecule has 1 aliphatic heterocycles. The third kappa shape index (κ3) is 5.87. The highest BCUT2D eigenvalue weighted by molar-refractivity contribution is 5.77. The quantitative estimate of drug-likeness (QED) is 0.664. The maximum absolute atomic E-state index is 12.4. The molecule has 0 aliphatic carbocycles. The zero-order valence-electron chi connectivity index (χ0n) is 17.2. The molecule has 0 aromatic heterocycles. The predicted octanol–water partition coefficient (Wildman–Crippen LogP) is 3.43. The molecule has 1 atom stereocenters. The van der Waals surface area contributed by atoms with Crippen LogP contribution < -0.4 is 19.5 Å². The number of likely N-dealkylation sites (tertiary alicyclic amines) is 1. The first kappa shape index (κ1) is 21.0. The van der Waals surface area contributed by atoms with Gasteiger partial charge in [-0.15, -0.1) is 0 Å². The molecular weight excluding hydrogens is 368 g/mol. The zero-order chi connectivity index (χ0) is 20.5. The van der Waals surface area contributed by atoms with Crippen molar-refractivity contribution in [1.82, 2.24) is 10.2 Å². The van der Waals surface area contributed by atoms with Gasteiger partial charge in [-0.25, -0.2) is 0 Å². The van der Waals surface area contributed by atoms with Gasteiger partial charge in [-0.05, 0) is 62.7 Å². The van der Waals surface area contributed by atoms with E-state index in [2.05, 4.69) is 22.3 Å². The number of hydrogen-bond donors (Lipinski definition) is 1. The summed E-state index contributed by atoms with van der Waals surface area (Å²) in [6.07, 6.45) is 2.38. The van der Waals surface area contributed by atoms with Crippen molar-refractivity contribution in [2.75, 3.05) is 40.0 Å². The molecule has 0 saturated carbocycles. The van der Waals surface area contributed by atoms with Crippen LogP contribution in [0.3, 0.4) is 0 Å². The van der Waals surface area contributed by atoms with Crippen LogP contribution in [0.1, 0.15) is 31.4 Å². The lowest BCUT2D eigenvalue weighted by molar-refractivity contribution is -0.123. The van der Waals surface area contributed by atoms with Crippen molar-refractivity contribution in [2.24, 2.45) is 0 Å². The zero-order valence-corrected chi connectivity index (χ0v) is 17.2. The molecule has 156 valence electrons. The molecule has 29 heavy (non-hydrogen) atoms. The van der Waals surface area contributed by atoms with E-state index in [0.717, 1.165) is 18.8 Å². The summed E-state index contributed by atoms with van der Waals surface area (Å²) in [6.45, 7) is 5.06. The standard InChI is InChI=1S/C23H30N2O4/c1-3-28-21-8-4-5-9-22(21)29-17-23(26)24-16-20(25-14-6-7-15-25)18-10-12-19(27-2)13-11-18/h4-5,8-13,20H,3,6-7,14-17H2,1-2H3,(H,24,26). The number of benzene rings is 2.